The minimum atomic E-state index is -0.294. The summed E-state index contributed by atoms with van der Waals surface area (Å²) in [4.78, 5) is 17.2. The minimum absolute atomic E-state index is 0.151. The molecule has 0 saturated heterocycles. The molecule has 2 aromatic carbocycles. The van der Waals surface area contributed by atoms with Gasteiger partial charge in [0.05, 0.1) is 26.3 Å². The second kappa shape index (κ2) is 14.5. The van der Waals surface area contributed by atoms with Crippen molar-refractivity contribution in [1.82, 2.24) is 0 Å². The van der Waals surface area contributed by atoms with Crippen LogP contribution in [-0.2, 0) is 16.0 Å². The van der Waals surface area contributed by atoms with Crippen LogP contribution < -0.4 is 10.1 Å². The van der Waals surface area contributed by atoms with Crippen LogP contribution in [0, 0.1) is 30.6 Å². The number of ether oxygens (including phenoxy) is 2. The molecule has 1 aliphatic carbocycles. The fourth-order valence-corrected chi connectivity index (χ4v) is 6.06. The molecule has 39 heavy (non-hydrogen) atoms. The highest BCUT2D eigenvalue weighted by Gasteiger charge is 2.30. The zero-order valence-electron chi connectivity index (χ0n) is 25.5. The van der Waals surface area contributed by atoms with E-state index < -0.39 is 0 Å². The van der Waals surface area contributed by atoms with Crippen molar-refractivity contribution >= 4 is 23.2 Å². The van der Waals surface area contributed by atoms with Gasteiger partial charge in [-0.25, -0.2) is 4.99 Å². The Balaban J connectivity index is 1.87. The maximum atomic E-state index is 12.0. The zero-order chi connectivity index (χ0) is 28.5. The van der Waals surface area contributed by atoms with Gasteiger partial charge in [0.2, 0.25) is 0 Å². The van der Waals surface area contributed by atoms with Gasteiger partial charge >= 0.3 is 5.97 Å². The van der Waals surface area contributed by atoms with E-state index in [4.69, 9.17) is 14.5 Å². The molecule has 0 amide bonds. The van der Waals surface area contributed by atoms with E-state index in [2.05, 4.69) is 64.2 Å². The van der Waals surface area contributed by atoms with Crippen molar-refractivity contribution in [2.75, 3.05) is 19.5 Å². The molecule has 3 rings (SSSR count). The first-order valence-corrected chi connectivity index (χ1v) is 14.8. The summed E-state index contributed by atoms with van der Waals surface area (Å²) in [5.74, 6) is 5.01. The van der Waals surface area contributed by atoms with Crippen molar-refractivity contribution in [3.8, 4) is 5.75 Å². The molecular weight excluding hydrogens is 484 g/mol. The fourth-order valence-electron chi connectivity index (χ4n) is 6.06. The summed E-state index contributed by atoms with van der Waals surface area (Å²) in [5, 5.41) is 3.63. The molecule has 0 bridgehead atoms. The number of anilines is 1. The third-order valence-corrected chi connectivity index (χ3v) is 8.43. The average Bonchev–Trinajstić information content (AvgIpc) is 2.90. The lowest BCUT2D eigenvalue weighted by Crippen LogP contribution is -2.27. The molecule has 0 radical (unpaired) electrons. The van der Waals surface area contributed by atoms with Crippen LogP contribution in [0.1, 0.15) is 95.8 Å². The van der Waals surface area contributed by atoms with Gasteiger partial charge in [-0.3, -0.25) is 4.79 Å². The smallest absolute Gasteiger partial charge is 0.310 e. The molecule has 5 heteroatoms. The van der Waals surface area contributed by atoms with Gasteiger partial charge in [-0.2, -0.15) is 0 Å². The average molecular weight is 535 g/mol. The van der Waals surface area contributed by atoms with Gasteiger partial charge < -0.3 is 14.8 Å². The molecule has 0 aromatic heterocycles. The van der Waals surface area contributed by atoms with Crippen molar-refractivity contribution in [2.45, 2.75) is 92.4 Å². The van der Waals surface area contributed by atoms with Crippen LogP contribution in [0.2, 0.25) is 0 Å². The monoisotopic (exact) mass is 534 g/mol. The first-order chi connectivity index (χ1) is 18.6. The van der Waals surface area contributed by atoms with Crippen molar-refractivity contribution in [2.24, 2.45) is 28.7 Å². The van der Waals surface area contributed by atoms with E-state index in [0.29, 0.717) is 11.7 Å². The molecule has 1 N–H and O–H groups in total. The van der Waals surface area contributed by atoms with Gasteiger partial charge in [-0.05, 0) is 97.6 Å². The van der Waals surface area contributed by atoms with Crippen LogP contribution in [0.5, 0.6) is 5.75 Å². The van der Waals surface area contributed by atoms with Crippen molar-refractivity contribution < 1.29 is 14.3 Å². The summed E-state index contributed by atoms with van der Waals surface area (Å²) in [6.07, 6.45) is 7.42. The molecule has 2 aromatic rings. The van der Waals surface area contributed by atoms with Crippen LogP contribution in [0.4, 0.5) is 11.4 Å². The normalized spacial score (nSPS) is 19.8. The molecule has 1 unspecified atom stereocenters. The summed E-state index contributed by atoms with van der Waals surface area (Å²) in [6.45, 7) is 13.7. The quantitative estimate of drug-likeness (QED) is 0.178. The lowest BCUT2D eigenvalue weighted by molar-refractivity contribution is -0.139. The van der Waals surface area contributed by atoms with Gasteiger partial charge in [-0.15, -0.1) is 0 Å². The first-order valence-electron chi connectivity index (χ1n) is 14.8. The van der Waals surface area contributed by atoms with E-state index in [-0.39, 0.29) is 12.4 Å². The standard InChI is InChI=1S/C34H50N2O3/c1-22(2)26-13-15-29(16-14-26)35-33(11-9-10-27-18-24(5)12-17-30(27)23(3)4)36-31-20-28(21-34(37)39-8)32(38-7)19-25(31)6/h13-16,19-20,22-24,27,30H,9-12,17-18,21H2,1-8H3,(H,35,36)/t24-,27?,30+/m1/s1. The van der Waals surface area contributed by atoms with Crippen molar-refractivity contribution in [3.63, 3.8) is 0 Å². The Morgan fingerprint density at radius 1 is 1.08 bits per heavy atom. The largest absolute Gasteiger partial charge is 0.496 e. The number of benzene rings is 2. The molecule has 214 valence electrons. The summed E-state index contributed by atoms with van der Waals surface area (Å²) in [5.41, 5.74) is 5.01. The Kier molecular flexibility index (Phi) is 11.4. The minimum Gasteiger partial charge on any atom is -0.496 e. The van der Waals surface area contributed by atoms with Crippen LogP contribution in [-0.4, -0.2) is 26.0 Å². The van der Waals surface area contributed by atoms with Gasteiger partial charge in [0, 0.05) is 17.7 Å². The Morgan fingerprint density at radius 3 is 2.41 bits per heavy atom. The topological polar surface area (TPSA) is 59.9 Å². The number of esters is 1. The fraction of sp³-hybridized carbons (Fsp3) is 0.588. The highest BCUT2D eigenvalue weighted by atomic mass is 16.5. The summed E-state index contributed by atoms with van der Waals surface area (Å²) in [7, 11) is 3.04. The third kappa shape index (κ3) is 8.84. The molecule has 1 saturated carbocycles. The van der Waals surface area contributed by atoms with Crippen molar-refractivity contribution in [3.05, 3.63) is 53.1 Å². The predicted molar refractivity (Wildman–Crippen MR) is 163 cm³/mol. The number of carbonyl (C=O) groups excluding carboxylic acids is 1. The Labute approximate surface area is 236 Å². The number of nitrogens with one attached hydrogen (secondary N) is 1. The van der Waals surface area contributed by atoms with Crippen LogP contribution in [0.15, 0.2) is 41.4 Å². The number of methoxy groups -OCH3 is 2. The molecule has 0 aliphatic heterocycles. The van der Waals surface area contributed by atoms with Crippen molar-refractivity contribution in [1.29, 1.82) is 0 Å². The van der Waals surface area contributed by atoms with E-state index in [1.165, 1.54) is 38.4 Å². The molecule has 0 spiro atoms. The van der Waals surface area contributed by atoms with Crippen LogP contribution in [0.25, 0.3) is 0 Å². The Bertz CT molecular complexity index is 1100. The van der Waals surface area contributed by atoms with Gasteiger partial charge in [-0.1, -0.05) is 53.2 Å². The zero-order valence-corrected chi connectivity index (χ0v) is 25.5. The van der Waals surface area contributed by atoms with E-state index in [9.17, 15) is 4.79 Å². The van der Waals surface area contributed by atoms with E-state index >= 15 is 0 Å². The maximum Gasteiger partial charge on any atom is 0.310 e. The molecule has 1 fully saturated rings. The van der Waals surface area contributed by atoms with Gasteiger partial charge in [0.1, 0.15) is 11.6 Å². The number of amidine groups is 1. The number of nitrogens with zero attached hydrogens (tertiary/aromatic N) is 1. The highest BCUT2D eigenvalue weighted by molar-refractivity contribution is 5.97. The predicted octanol–water partition coefficient (Wildman–Crippen LogP) is 8.86. The maximum absolute atomic E-state index is 12.0. The second-order valence-corrected chi connectivity index (χ2v) is 12.1. The van der Waals surface area contributed by atoms with Gasteiger partial charge in [0.15, 0.2) is 0 Å². The third-order valence-electron chi connectivity index (χ3n) is 8.43. The molecule has 1 aliphatic rings. The molecule has 5 nitrogen and oxygen atoms in total. The summed E-state index contributed by atoms with van der Waals surface area (Å²) >= 11 is 0. The van der Waals surface area contributed by atoms with E-state index in [1.807, 2.05) is 19.1 Å². The molecule has 0 heterocycles. The molecule has 3 atom stereocenters. The highest BCUT2D eigenvalue weighted by Crippen LogP contribution is 2.40. The van der Waals surface area contributed by atoms with Gasteiger partial charge in [0.25, 0.3) is 0 Å². The van der Waals surface area contributed by atoms with E-state index in [1.54, 1.807) is 7.11 Å². The van der Waals surface area contributed by atoms with Crippen LogP contribution in [0.3, 0.4) is 0 Å². The second-order valence-electron chi connectivity index (χ2n) is 12.1. The number of carbonyl (C=O) groups is 1. The number of rotatable bonds is 11. The Hall–Kier alpha value is -2.82. The van der Waals surface area contributed by atoms with Crippen LogP contribution >= 0.6 is 0 Å². The SMILES string of the molecule is COC(=O)Cc1cc(N=C(CCCC2C[C@H](C)CC[C@H]2C(C)C)Nc2ccc(C(C)C)cc2)c(C)cc1OC. The van der Waals surface area contributed by atoms with E-state index in [0.717, 1.165) is 64.9 Å². The number of aryl methyl sites for hydroxylation is 1. The number of hydrogen-bond donors (Lipinski definition) is 1. The lowest BCUT2D eigenvalue weighted by Gasteiger charge is -2.37. The Morgan fingerprint density at radius 2 is 1.79 bits per heavy atom. The summed E-state index contributed by atoms with van der Waals surface area (Å²) in [6, 6.07) is 12.6. The number of hydrogen-bond acceptors (Lipinski definition) is 4. The molecular formula is C34H50N2O3. The summed E-state index contributed by atoms with van der Waals surface area (Å²) < 4.78 is 10.5. The first kappa shape index (κ1) is 30.7. The lowest BCUT2D eigenvalue weighted by atomic mass is 9.68. The number of aliphatic imine (C=N–C) groups is 1.